The van der Waals surface area contributed by atoms with Crippen molar-refractivity contribution in [1.29, 1.82) is 0 Å². The van der Waals surface area contributed by atoms with Gasteiger partial charge in [0, 0.05) is 0 Å². The first kappa shape index (κ1) is 27.3. The van der Waals surface area contributed by atoms with E-state index >= 15 is 0 Å². The van der Waals surface area contributed by atoms with Crippen LogP contribution in [0.25, 0.3) is 11.1 Å². The van der Waals surface area contributed by atoms with Crippen molar-refractivity contribution >= 4 is 5.97 Å². The SMILES string of the molecule is CCCCCCCCCCC1CCC(c2ccc(-c3ccc(OC(=O)C(F)(F)F)cc3)cc2)CC1. The predicted octanol–water partition coefficient (Wildman–Crippen LogP) is 9.63. The molecule has 0 atom stereocenters. The second-order valence-electron chi connectivity index (χ2n) is 10.0. The fourth-order valence-corrected chi connectivity index (χ4v) is 5.18. The number of alkyl halides is 3. The highest BCUT2D eigenvalue weighted by Gasteiger charge is 2.41. The number of esters is 1. The Balaban J connectivity index is 1.39. The summed E-state index contributed by atoms with van der Waals surface area (Å²) in [5.41, 5.74) is 3.23. The molecule has 192 valence electrons. The molecule has 0 heterocycles. The Morgan fingerprint density at radius 3 is 1.83 bits per heavy atom. The van der Waals surface area contributed by atoms with Gasteiger partial charge in [-0.15, -0.1) is 0 Å². The van der Waals surface area contributed by atoms with Crippen LogP contribution in [0.2, 0.25) is 0 Å². The minimum Gasteiger partial charge on any atom is -0.420 e. The minimum atomic E-state index is -5.00. The monoisotopic (exact) mass is 488 g/mol. The number of hydrogen-bond donors (Lipinski definition) is 0. The summed E-state index contributed by atoms with van der Waals surface area (Å²) in [4.78, 5) is 11.0. The van der Waals surface area contributed by atoms with Crippen molar-refractivity contribution in [2.75, 3.05) is 0 Å². The largest absolute Gasteiger partial charge is 0.491 e. The molecule has 2 aromatic rings. The zero-order valence-electron chi connectivity index (χ0n) is 20.9. The van der Waals surface area contributed by atoms with Gasteiger partial charge in [0.2, 0.25) is 0 Å². The van der Waals surface area contributed by atoms with Crippen molar-refractivity contribution in [3.63, 3.8) is 0 Å². The molecular weight excluding hydrogens is 449 g/mol. The third kappa shape index (κ3) is 9.01. The van der Waals surface area contributed by atoms with E-state index in [0.717, 1.165) is 17.0 Å². The van der Waals surface area contributed by atoms with Crippen LogP contribution in [0.15, 0.2) is 48.5 Å². The molecule has 1 saturated carbocycles. The Bertz CT molecular complexity index is 879. The molecule has 0 aliphatic heterocycles. The van der Waals surface area contributed by atoms with Crippen LogP contribution in [0.3, 0.4) is 0 Å². The summed E-state index contributed by atoms with van der Waals surface area (Å²) in [7, 11) is 0. The quantitative estimate of drug-likeness (QED) is 0.169. The van der Waals surface area contributed by atoms with Gasteiger partial charge in [0.1, 0.15) is 5.75 Å². The van der Waals surface area contributed by atoms with Gasteiger partial charge in [0.15, 0.2) is 0 Å². The lowest BCUT2D eigenvalue weighted by Crippen LogP contribution is -2.27. The van der Waals surface area contributed by atoms with Gasteiger partial charge in [0.25, 0.3) is 0 Å². The van der Waals surface area contributed by atoms with E-state index in [1.807, 2.05) is 0 Å². The van der Waals surface area contributed by atoms with E-state index < -0.39 is 12.1 Å². The highest BCUT2D eigenvalue weighted by molar-refractivity contribution is 5.78. The average molecular weight is 489 g/mol. The smallest absolute Gasteiger partial charge is 0.420 e. The van der Waals surface area contributed by atoms with Crippen LogP contribution in [0.5, 0.6) is 5.75 Å². The molecule has 5 heteroatoms. The number of hydrogen-bond acceptors (Lipinski definition) is 2. The summed E-state index contributed by atoms with van der Waals surface area (Å²) in [5.74, 6) is -0.822. The molecule has 2 aromatic carbocycles. The van der Waals surface area contributed by atoms with E-state index in [4.69, 9.17) is 0 Å². The zero-order chi connectivity index (χ0) is 25.1. The molecule has 0 radical (unpaired) electrons. The van der Waals surface area contributed by atoms with E-state index in [1.165, 1.54) is 101 Å². The molecule has 1 fully saturated rings. The molecule has 1 aliphatic rings. The summed E-state index contributed by atoms with van der Waals surface area (Å²) in [6.07, 6.45) is 12.6. The molecule has 35 heavy (non-hydrogen) atoms. The Kier molecular flexibility index (Phi) is 10.7. The van der Waals surface area contributed by atoms with Gasteiger partial charge >= 0.3 is 12.1 Å². The van der Waals surface area contributed by atoms with E-state index in [9.17, 15) is 18.0 Å². The summed E-state index contributed by atoms with van der Waals surface area (Å²) in [6.45, 7) is 2.27. The Morgan fingerprint density at radius 2 is 1.29 bits per heavy atom. The van der Waals surface area contributed by atoms with Gasteiger partial charge < -0.3 is 4.74 Å². The lowest BCUT2D eigenvalue weighted by molar-refractivity contribution is -0.189. The second kappa shape index (κ2) is 13.7. The lowest BCUT2D eigenvalue weighted by atomic mass is 9.77. The van der Waals surface area contributed by atoms with Crippen molar-refractivity contribution in [2.45, 2.75) is 102 Å². The molecular formula is C30H39F3O2. The molecule has 0 unspecified atom stereocenters. The van der Waals surface area contributed by atoms with Gasteiger partial charge in [-0.25, -0.2) is 4.79 Å². The number of ether oxygens (including phenoxy) is 1. The van der Waals surface area contributed by atoms with Crippen LogP contribution in [-0.4, -0.2) is 12.1 Å². The second-order valence-corrected chi connectivity index (χ2v) is 10.0. The normalized spacial score (nSPS) is 18.4. The fraction of sp³-hybridized carbons (Fsp3) is 0.567. The van der Waals surface area contributed by atoms with Gasteiger partial charge in [-0.2, -0.15) is 13.2 Å². The van der Waals surface area contributed by atoms with Crippen LogP contribution in [0, 0.1) is 5.92 Å². The third-order valence-corrected chi connectivity index (χ3v) is 7.32. The molecule has 0 aromatic heterocycles. The number of carbonyl (C=O) groups excluding carboxylic acids is 1. The summed E-state index contributed by atoms with van der Waals surface area (Å²) in [6, 6.07) is 14.6. The maximum Gasteiger partial charge on any atom is 0.491 e. The number of unbranched alkanes of at least 4 members (excludes halogenated alkanes) is 7. The van der Waals surface area contributed by atoms with Crippen LogP contribution in [-0.2, 0) is 4.79 Å². The molecule has 0 bridgehead atoms. The average Bonchev–Trinajstić information content (AvgIpc) is 2.86. The van der Waals surface area contributed by atoms with E-state index in [2.05, 4.69) is 35.9 Å². The van der Waals surface area contributed by atoms with Crippen LogP contribution < -0.4 is 4.74 Å². The van der Waals surface area contributed by atoms with E-state index in [0.29, 0.717) is 5.92 Å². The molecule has 0 amide bonds. The minimum absolute atomic E-state index is 0.114. The predicted molar refractivity (Wildman–Crippen MR) is 135 cm³/mol. The van der Waals surface area contributed by atoms with Crippen molar-refractivity contribution < 1.29 is 22.7 Å². The summed E-state index contributed by atoms with van der Waals surface area (Å²) >= 11 is 0. The maximum atomic E-state index is 12.3. The first-order chi connectivity index (χ1) is 16.9. The van der Waals surface area contributed by atoms with Crippen LogP contribution in [0.4, 0.5) is 13.2 Å². The van der Waals surface area contributed by atoms with E-state index in [1.54, 1.807) is 12.1 Å². The molecule has 2 nitrogen and oxygen atoms in total. The highest BCUT2D eigenvalue weighted by Crippen LogP contribution is 2.38. The molecule has 0 saturated heterocycles. The molecule has 0 spiro atoms. The number of carbonyl (C=O) groups is 1. The van der Waals surface area contributed by atoms with Gasteiger partial charge in [-0.3, -0.25) is 0 Å². The van der Waals surface area contributed by atoms with Gasteiger partial charge in [-0.05, 0) is 66.3 Å². The van der Waals surface area contributed by atoms with Crippen molar-refractivity contribution in [1.82, 2.24) is 0 Å². The van der Waals surface area contributed by atoms with Crippen LogP contribution >= 0.6 is 0 Å². The van der Waals surface area contributed by atoms with Crippen LogP contribution in [0.1, 0.15) is 102 Å². The Labute approximate surface area is 208 Å². The first-order valence-corrected chi connectivity index (χ1v) is 13.4. The third-order valence-electron chi connectivity index (χ3n) is 7.32. The summed E-state index contributed by atoms with van der Waals surface area (Å²) in [5, 5.41) is 0. The molecule has 1 aliphatic carbocycles. The Hall–Kier alpha value is -2.30. The fourth-order valence-electron chi connectivity index (χ4n) is 5.18. The van der Waals surface area contributed by atoms with Crippen molar-refractivity contribution in [2.24, 2.45) is 5.92 Å². The van der Waals surface area contributed by atoms with Crippen molar-refractivity contribution in [3.8, 4) is 16.9 Å². The van der Waals surface area contributed by atoms with Crippen molar-refractivity contribution in [3.05, 3.63) is 54.1 Å². The number of benzene rings is 2. The van der Waals surface area contributed by atoms with Gasteiger partial charge in [-0.1, -0.05) is 101 Å². The van der Waals surface area contributed by atoms with E-state index in [-0.39, 0.29) is 5.75 Å². The topological polar surface area (TPSA) is 26.3 Å². The molecule has 0 N–H and O–H groups in total. The standard InChI is InChI=1S/C30H39F3O2/c1-2-3-4-5-6-7-8-9-10-23-11-13-24(14-12-23)25-15-17-26(18-16-25)27-19-21-28(22-20-27)35-29(34)30(31,32)33/h15-24H,2-14H2,1H3. The lowest BCUT2D eigenvalue weighted by Gasteiger charge is -2.29. The first-order valence-electron chi connectivity index (χ1n) is 13.4. The molecule has 3 rings (SSSR count). The zero-order valence-corrected chi connectivity index (χ0v) is 20.9. The number of halogens is 3. The summed E-state index contributed by atoms with van der Waals surface area (Å²) < 4.78 is 41.4. The Morgan fingerprint density at radius 1 is 0.771 bits per heavy atom. The highest BCUT2D eigenvalue weighted by atomic mass is 19.4. The maximum absolute atomic E-state index is 12.3. The van der Waals surface area contributed by atoms with Gasteiger partial charge in [0.05, 0.1) is 0 Å². The number of rotatable bonds is 12.